The average molecular weight is 380 g/mol. The van der Waals surface area contributed by atoms with Crippen molar-refractivity contribution in [3.63, 3.8) is 0 Å². The summed E-state index contributed by atoms with van der Waals surface area (Å²) in [6.45, 7) is 10.8. The number of esters is 1. The van der Waals surface area contributed by atoms with Gasteiger partial charge in [0.1, 0.15) is 5.00 Å². The van der Waals surface area contributed by atoms with Crippen molar-refractivity contribution < 1.29 is 14.3 Å². The summed E-state index contributed by atoms with van der Waals surface area (Å²) in [5, 5.41) is 5.30. The van der Waals surface area contributed by atoms with Crippen LogP contribution in [0, 0.1) is 5.41 Å². The van der Waals surface area contributed by atoms with E-state index >= 15 is 0 Å². The molecule has 6 heteroatoms. The van der Waals surface area contributed by atoms with Gasteiger partial charge in [0, 0.05) is 4.88 Å². The van der Waals surface area contributed by atoms with Crippen molar-refractivity contribution in [1.29, 1.82) is 0 Å². The summed E-state index contributed by atoms with van der Waals surface area (Å²) in [5.74, 6) is -0.294. The molecule has 0 saturated heterocycles. The van der Waals surface area contributed by atoms with Crippen LogP contribution in [0.3, 0.4) is 0 Å². The molecule has 1 amide bonds. The van der Waals surface area contributed by atoms with Crippen molar-refractivity contribution in [2.45, 2.75) is 47.0 Å². The van der Waals surface area contributed by atoms with E-state index in [1.54, 1.807) is 13.0 Å². The molecule has 2 aromatic heterocycles. The molecule has 0 bridgehead atoms. The lowest BCUT2D eigenvalue weighted by molar-refractivity contribution is 0.0528. The molecule has 0 aliphatic carbocycles. The molecular formula is C19H25NO3S2. The molecule has 0 aliphatic rings. The second-order valence-corrected chi connectivity index (χ2v) is 9.24. The summed E-state index contributed by atoms with van der Waals surface area (Å²) in [7, 11) is 0. The highest BCUT2D eigenvalue weighted by Gasteiger charge is 2.24. The van der Waals surface area contributed by atoms with E-state index in [1.807, 2.05) is 17.5 Å². The summed E-state index contributed by atoms with van der Waals surface area (Å²) < 4.78 is 5.15. The van der Waals surface area contributed by atoms with E-state index in [4.69, 9.17) is 4.74 Å². The first-order valence-electron chi connectivity index (χ1n) is 8.37. The monoisotopic (exact) mass is 379 g/mol. The van der Waals surface area contributed by atoms with Gasteiger partial charge >= 0.3 is 5.97 Å². The van der Waals surface area contributed by atoms with Gasteiger partial charge in [0.05, 0.1) is 17.0 Å². The Bertz CT molecular complexity index is 726. The SMILES string of the molecule is CCOC(=O)c1cc(C(C)CC(C)(C)C)sc1NC(=O)c1cccs1. The van der Waals surface area contributed by atoms with E-state index in [-0.39, 0.29) is 11.3 Å². The standard InChI is InChI=1S/C19H25NO3S2/c1-6-23-18(22)13-10-15(12(2)11-19(3,4)5)25-17(13)20-16(21)14-8-7-9-24-14/h7-10,12H,6,11H2,1-5H3,(H,20,21). The molecule has 2 heterocycles. The Hall–Kier alpha value is -1.66. The molecular weight excluding hydrogens is 354 g/mol. The molecule has 1 atom stereocenters. The van der Waals surface area contributed by atoms with E-state index < -0.39 is 5.97 Å². The fraction of sp³-hybridized carbons (Fsp3) is 0.474. The minimum Gasteiger partial charge on any atom is -0.462 e. The molecule has 1 unspecified atom stereocenters. The van der Waals surface area contributed by atoms with Gasteiger partial charge in [0.25, 0.3) is 5.91 Å². The predicted molar refractivity (Wildman–Crippen MR) is 105 cm³/mol. The van der Waals surface area contributed by atoms with Crippen LogP contribution in [-0.2, 0) is 4.74 Å². The van der Waals surface area contributed by atoms with Crippen molar-refractivity contribution in [3.8, 4) is 0 Å². The normalized spacial score (nSPS) is 12.7. The van der Waals surface area contributed by atoms with Gasteiger partial charge in [-0.25, -0.2) is 4.79 Å². The number of hydrogen-bond acceptors (Lipinski definition) is 5. The fourth-order valence-corrected chi connectivity index (χ4v) is 4.41. The number of amides is 1. The smallest absolute Gasteiger partial charge is 0.341 e. The minimum atomic E-state index is -0.394. The lowest BCUT2D eigenvalue weighted by Gasteiger charge is -2.22. The molecule has 136 valence electrons. The quantitative estimate of drug-likeness (QED) is 0.647. The van der Waals surface area contributed by atoms with Crippen LogP contribution in [0.5, 0.6) is 0 Å². The van der Waals surface area contributed by atoms with E-state index in [1.165, 1.54) is 22.7 Å². The third kappa shape index (κ3) is 5.41. The zero-order valence-electron chi connectivity index (χ0n) is 15.3. The maximum absolute atomic E-state index is 12.4. The maximum Gasteiger partial charge on any atom is 0.341 e. The van der Waals surface area contributed by atoms with Gasteiger partial charge in [-0.2, -0.15) is 0 Å². The van der Waals surface area contributed by atoms with Crippen LogP contribution in [0.1, 0.15) is 71.9 Å². The number of ether oxygens (including phenoxy) is 1. The van der Waals surface area contributed by atoms with Gasteiger partial charge in [-0.1, -0.05) is 33.8 Å². The Labute approximate surface area is 157 Å². The Balaban J connectivity index is 2.29. The molecule has 4 nitrogen and oxygen atoms in total. The number of anilines is 1. The first kappa shape index (κ1) is 19.7. The summed E-state index contributed by atoms with van der Waals surface area (Å²) >= 11 is 2.83. The molecule has 25 heavy (non-hydrogen) atoms. The van der Waals surface area contributed by atoms with Gasteiger partial charge in [0.15, 0.2) is 0 Å². The van der Waals surface area contributed by atoms with E-state index in [2.05, 4.69) is 33.0 Å². The van der Waals surface area contributed by atoms with Crippen molar-refractivity contribution in [1.82, 2.24) is 0 Å². The molecule has 0 radical (unpaired) electrons. The lowest BCUT2D eigenvalue weighted by atomic mass is 9.85. The van der Waals surface area contributed by atoms with E-state index in [0.29, 0.717) is 28.0 Å². The van der Waals surface area contributed by atoms with Crippen LogP contribution in [0.2, 0.25) is 0 Å². The van der Waals surface area contributed by atoms with Gasteiger partial charge in [-0.05, 0) is 42.2 Å². The number of carbonyl (C=O) groups is 2. The highest BCUT2D eigenvalue weighted by Crippen LogP contribution is 2.38. The highest BCUT2D eigenvalue weighted by atomic mass is 32.1. The summed E-state index contributed by atoms with van der Waals surface area (Å²) in [6, 6.07) is 5.46. The van der Waals surface area contributed by atoms with Crippen LogP contribution < -0.4 is 5.32 Å². The second-order valence-electron chi connectivity index (χ2n) is 7.21. The third-order valence-electron chi connectivity index (χ3n) is 3.62. The van der Waals surface area contributed by atoms with Crippen LogP contribution in [0.15, 0.2) is 23.6 Å². The minimum absolute atomic E-state index is 0.188. The summed E-state index contributed by atoms with van der Waals surface area (Å²) in [6.07, 6.45) is 0.994. The number of hydrogen-bond donors (Lipinski definition) is 1. The number of nitrogens with one attached hydrogen (secondary N) is 1. The molecule has 0 aromatic carbocycles. The van der Waals surface area contributed by atoms with Crippen LogP contribution in [0.25, 0.3) is 0 Å². The van der Waals surface area contributed by atoms with Gasteiger partial charge < -0.3 is 10.1 Å². The van der Waals surface area contributed by atoms with E-state index in [9.17, 15) is 9.59 Å². The Morgan fingerprint density at radius 3 is 2.60 bits per heavy atom. The fourth-order valence-electron chi connectivity index (χ4n) is 2.70. The van der Waals surface area contributed by atoms with E-state index in [0.717, 1.165) is 11.3 Å². The van der Waals surface area contributed by atoms with Crippen molar-refractivity contribution in [3.05, 3.63) is 38.9 Å². The maximum atomic E-state index is 12.4. The van der Waals surface area contributed by atoms with Crippen molar-refractivity contribution in [2.75, 3.05) is 11.9 Å². The average Bonchev–Trinajstić information content (AvgIpc) is 3.15. The Kier molecular flexibility index (Phi) is 6.41. The first-order valence-corrected chi connectivity index (χ1v) is 10.1. The summed E-state index contributed by atoms with van der Waals surface area (Å²) in [5.41, 5.74) is 0.626. The zero-order valence-corrected chi connectivity index (χ0v) is 17.0. The largest absolute Gasteiger partial charge is 0.462 e. The number of rotatable bonds is 6. The van der Waals surface area contributed by atoms with Gasteiger partial charge in [0.2, 0.25) is 0 Å². The second kappa shape index (κ2) is 8.15. The molecule has 2 aromatic rings. The number of thiophene rings is 2. The van der Waals surface area contributed by atoms with Gasteiger partial charge in [-0.15, -0.1) is 22.7 Å². The topological polar surface area (TPSA) is 55.4 Å². The highest BCUT2D eigenvalue weighted by molar-refractivity contribution is 7.17. The van der Waals surface area contributed by atoms with Crippen LogP contribution in [0.4, 0.5) is 5.00 Å². The zero-order chi connectivity index (χ0) is 18.6. The molecule has 0 aliphatic heterocycles. The van der Waals surface area contributed by atoms with Crippen molar-refractivity contribution >= 4 is 39.6 Å². The lowest BCUT2D eigenvalue weighted by Crippen LogP contribution is -2.13. The van der Waals surface area contributed by atoms with Gasteiger partial charge in [-0.3, -0.25) is 4.79 Å². The Morgan fingerprint density at radius 1 is 1.32 bits per heavy atom. The van der Waals surface area contributed by atoms with Crippen LogP contribution in [-0.4, -0.2) is 18.5 Å². The third-order valence-corrected chi connectivity index (χ3v) is 5.77. The van der Waals surface area contributed by atoms with Crippen molar-refractivity contribution in [2.24, 2.45) is 5.41 Å². The van der Waals surface area contributed by atoms with Crippen LogP contribution >= 0.6 is 22.7 Å². The predicted octanol–water partition coefficient (Wildman–Crippen LogP) is 5.78. The Morgan fingerprint density at radius 2 is 2.04 bits per heavy atom. The summed E-state index contributed by atoms with van der Waals surface area (Å²) in [4.78, 5) is 26.4. The number of carbonyl (C=O) groups excluding carboxylic acids is 2. The molecule has 0 saturated carbocycles. The molecule has 1 N–H and O–H groups in total. The molecule has 2 rings (SSSR count). The molecule has 0 fully saturated rings. The first-order chi connectivity index (χ1) is 11.7. The molecule has 0 spiro atoms.